The number of aliphatic hydroxyl groups excluding tert-OH is 1. The monoisotopic (exact) mass is 675 g/mol. The van der Waals surface area contributed by atoms with Crippen LogP contribution in [0.3, 0.4) is 0 Å². The van der Waals surface area contributed by atoms with Gasteiger partial charge in [-0.15, -0.1) is 34.9 Å². The van der Waals surface area contributed by atoms with Gasteiger partial charge in [-0.3, -0.25) is 4.79 Å². The molecule has 5 heteroatoms. The molecule has 0 unspecified atom stereocenters. The van der Waals surface area contributed by atoms with E-state index < -0.39 is 0 Å². The number of ketones is 1. The smallest absolute Gasteiger partial charge is 0.155 e. The van der Waals surface area contributed by atoms with Crippen molar-refractivity contribution < 1.29 is 34.4 Å². The second kappa shape index (κ2) is 13.0. The van der Waals surface area contributed by atoms with Gasteiger partial charge in [0.05, 0.1) is 12.0 Å². The number of benzene rings is 2. The van der Waals surface area contributed by atoms with Crippen LogP contribution in [0.4, 0.5) is 0 Å². The second-order valence-electron chi connectivity index (χ2n) is 9.99. The first-order valence-electron chi connectivity index (χ1n) is 12.4. The third kappa shape index (κ3) is 7.74. The molecule has 0 saturated carbocycles. The van der Waals surface area contributed by atoms with E-state index in [1.807, 2.05) is 6.20 Å². The summed E-state index contributed by atoms with van der Waals surface area (Å²) in [5.41, 5.74) is 9.00. The summed E-state index contributed by atoms with van der Waals surface area (Å²) in [6, 6.07) is 18.6. The summed E-state index contributed by atoms with van der Waals surface area (Å²) in [5.74, 6) is 1.72. The van der Waals surface area contributed by atoms with Gasteiger partial charge < -0.3 is 14.5 Å². The van der Waals surface area contributed by atoms with Gasteiger partial charge in [0.1, 0.15) is 5.76 Å². The number of rotatable bonds is 5. The van der Waals surface area contributed by atoms with Crippen LogP contribution < -0.4 is 0 Å². The number of fused-ring (bicyclic) bond motifs is 1. The first kappa shape index (κ1) is 30.2. The zero-order valence-corrected chi connectivity index (χ0v) is 25.3. The predicted octanol–water partition coefficient (Wildman–Crippen LogP) is 8.86. The molecule has 2 heterocycles. The van der Waals surface area contributed by atoms with Crippen molar-refractivity contribution in [2.24, 2.45) is 0 Å². The Morgan fingerprint density at radius 1 is 1.00 bits per heavy atom. The maximum absolute atomic E-state index is 10.0. The van der Waals surface area contributed by atoms with Crippen molar-refractivity contribution >= 4 is 16.8 Å². The van der Waals surface area contributed by atoms with Crippen LogP contribution in [0.2, 0.25) is 0 Å². The maximum Gasteiger partial charge on any atom is 0.155 e. The average Bonchev–Trinajstić information content (AvgIpc) is 3.20. The number of aliphatic hydroxyl groups is 1. The summed E-state index contributed by atoms with van der Waals surface area (Å²) in [7, 11) is 0. The fourth-order valence-electron chi connectivity index (χ4n) is 4.38. The Morgan fingerprint density at radius 3 is 2.11 bits per heavy atom. The Balaban J connectivity index is 0.000000532. The summed E-state index contributed by atoms with van der Waals surface area (Å²) in [4.78, 5) is 14.7. The number of nitrogens with zero attached hydrogens (tertiary/aromatic N) is 1. The van der Waals surface area contributed by atoms with E-state index in [0.717, 1.165) is 33.6 Å². The van der Waals surface area contributed by atoms with Crippen LogP contribution in [0.5, 0.6) is 0 Å². The van der Waals surface area contributed by atoms with Crippen molar-refractivity contribution in [3.8, 4) is 22.6 Å². The molecule has 4 nitrogen and oxygen atoms in total. The molecule has 0 aliphatic rings. The number of carbonyl (C=O) groups is 1. The van der Waals surface area contributed by atoms with E-state index in [2.05, 4.69) is 95.1 Å². The Bertz CT molecular complexity index is 1360. The van der Waals surface area contributed by atoms with Crippen molar-refractivity contribution in [2.45, 2.75) is 67.2 Å². The molecule has 4 aromatic rings. The van der Waals surface area contributed by atoms with Crippen LogP contribution in [-0.4, -0.2) is 15.9 Å². The van der Waals surface area contributed by atoms with E-state index >= 15 is 0 Å². The van der Waals surface area contributed by atoms with E-state index in [9.17, 15) is 4.79 Å². The van der Waals surface area contributed by atoms with Gasteiger partial charge >= 0.3 is 0 Å². The van der Waals surface area contributed by atoms with Gasteiger partial charge in [0.15, 0.2) is 11.4 Å². The van der Waals surface area contributed by atoms with E-state index in [4.69, 9.17) is 9.52 Å². The number of hydrogen-bond acceptors (Lipinski definition) is 4. The molecule has 37 heavy (non-hydrogen) atoms. The largest absolute Gasteiger partial charge is 0.512 e. The molecule has 2 aromatic heterocycles. The van der Waals surface area contributed by atoms with E-state index in [0.29, 0.717) is 11.8 Å². The minimum Gasteiger partial charge on any atom is -0.512 e. The number of hydrogen-bond donors (Lipinski definition) is 1. The van der Waals surface area contributed by atoms with Crippen LogP contribution in [0, 0.1) is 19.9 Å². The van der Waals surface area contributed by atoms with Gasteiger partial charge in [-0.25, -0.2) is 0 Å². The molecule has 0 aliphatic carbocycles. The van der Waals surface area contributed by atoms with Gasteiger partial charge in [-0.1, -0.05) is 65.8 Å². The van der Waals surface area contributed by atoms with Crippen molar-refractivity contribution in [3.63, 3.8) is 0 Å². The molecule has 0 fully saturated rings. The number of carbonyl (C=O) groups excluding carboxylic acids is 1. The van der Waals surface area contributed by atoms with Gasteiger partial charge in [0.2, 0.25) is 0 Å². The number of aromatic nitrogens is 1. The molecule has 0 amide bonds. The quantitative estimate of drug-likeness (QED) is 0.131. The average molecular weight is 675 g/mol. The molecule has 1 N–H and O–H groups in total. The topological polar surface area (TPSA) is 63.3 Å². The van der Waals surface area contributed by atoms with Crippen molar-refractivity contribution in [3.05, 3.63) is 88.8 Å². The molecule has 0 bridgehead atoms. The zero-order chi connectivity index (χ0) is 26.6. The normalized spacial score (nSPS) is 11.4. The molecule has 0 aliphatic heterocycles. The predicted molar refractivity (Wildman–Crippen MR) is 148 cm³/mol. The van der Waals surface area contributed by atoms with Crippen LogP contribution in [0.25, 0.3) is 33.6 Å². The minimum atomic E-state index is -0.125. The van der Waals surface area contributed by atoms with E-state index in [1.54, 1.807) is 0 Å². The summed E-state index contributed by atoms with van der Waals surface area (Å²) >= 11 is 0. The standard InChI is InChI=1S/C27H28NO.C5H8O2.Ir/c1-16(2)22-8-7-9-23(17(3)4)27(22)25-14-21-13-24(28-15-26(21)29-25)20-11-18(5)10-19(6)12-20;1-4(6)3-5(2)7;/h7-11,13-17H,1-6H3;3,6H,1-2H3;/q-1;;/b;4-3-;. The SMILES string of the molecule is CC(=O)/C=C(/C)O.Cc1[c-]c(-c2cc3cc(-c4c(C(C)C)cccc4C(C)C)oc3cn2)cc(C)c1.[Ir]. The minimum absolute atomic E-state index is 0. The molecular formula is C32H36IrNO3-. The van der Waals surface area contributed by atoms with Gasteiger partial charge in [0.25, 0.3) is 0 Å². The molecule has 0 spiro atoms. The van der Waals surface area contributed by atoms with Gasteiger partial charge in [-0.2, -0.15) is 0 Å². The van der Waals surface area contributed by atoms with Crippen LogP contribution in [0.1, 0.15) is 75.6 Å². The second-order valence-corrected chi connectivity index (χ2v) is 9.99. The maximum atomic E-state index is 10.0. The molecule has 4 rings (SSSR count). The Hall–Kier alpha value is -3.01. The summed E-state index contributed by atoms with van der Waals surface area (Å²) < 4.78 is 6.30. The van der Waals surface area contributed by atoms with Crippen molar-refractivity contribution in [2.75, 3.05) is 0 Å². The third-order valence-electron chi connectivity index (χ3n) is 5.86. The first-order chi connectivity index (χ1) is 17.0. The number of aryl methyl sites for hydroxylation is 2. The van der Waals surface area contributed by atoms with Crippen LogP contribution in [0.15, 0.2) is 64.9 Å². The number of pyridine rings is 1. The Labute approximate surface area is 234 Å². The fourth-order valence-corrected chi connectivity index (χ4v) is 4.38. The molecule has 0 atom stereocenters. The van der Waals surface area contributed by atoms with Crippen LogP contribution in [-0.2, 0) is 24.9 Å². The molecular weight excluding hydrogens is 639 g/mol. The zero-order valence-electron chi connectivity index (χ0n) is 22.9. The molecule has 197 valence electrons. The van der Waals surface area contributed by atoms with Gasteiger partial charge in [-0.05, 0) is 48.6 Å². The Kier molecular flexibility index (Phi) is 10.6. The Morgan fingerprint density at radius 2 is 1.62 bits per heavy atom. The van der Waals surface area contributed by atoms with Crippen LogP contribution >= 0.6 is 0 Å². The summed E-state index contributed by atoms with van der Waals surface area (Å²) in [6.45, 7) is 16.0. The molecule has 1 radical (unpaired) electrons. The first-order valence-corrected chi connectivity index (χ1v) is 12.4. The molecule has 0 saturated heterocycles. The van der Waals surface area contributed by atoms with E-state index in [-0.39, 0.29) is 31.6 Å². The van der Waals surface area contributed by atoms with Gasteiger partial charge in [0, 0.05) is 37.1 Å². The number of allylic oxidation sites excluding steroid dienone is 2. The van der Waals surface area contributed by atoms with Crippen molar-refractivity contribution in [1.82, 2.24) is 4.98 Å². The summed E-state index contributed by atoms with van der Waals surface area (Å²) in [5, 5.41) is 9.44. The van der Waals surface area contributed by atoms with Crippen molar-refractivity contribution in [1.29, 1.82) is 0 Å². The summed E-state index contributed by atoms with van der Waals surface area (Å²) in [6.07, 6.45) is 3.01. The fraction of sp³-hybridized carbons (Fsp3) is 0.312. The molecule has 2 aromatic carbocycles. The third-order valence-corrected chi connectivity index (χ3v) is 5.86. The number of furan rings is 1. The van der Waals surface area contributed by atoms with E-state index in [1.165, 1.54) is 42.2 Å².